The maximum Gasteiger partial charge on any atom is 0.266 e. The molecule has 2 aromatic heterocycles. The first-order valence-corrected chi connectivity index (χ1v) is 8.96. The third kappa shape index (κ3) is 3.19. The number of anilines is 1. The van der Waals surface area contributed by atoms with Gasteiger partial charge in [-0.2, -0.15) is 0 Å². The van der Waals surface area contributed by atoms with E-state index in [9.17, 15) is 8.42 Å². The highest BCUT2D eigenvalue weighted by Crippen LogP contribution is 2.27. The summed E-state index contributed by atoms with van der Waals surface area (Å²) in [7, 11) is -3.77. The van der Waals surface area contributed by atoms with Crippen LogP contribution in [0.15, 0.2) is 70.3 Å². The summed E-state index contributed by atoms with van der Waals surface area (Å²) in [5.41, 5.74) is 1.58. The number of rotatable bonds is 5. The second-order valence-corrected chi connectivity index (χ2v) is 7.38. The van der Waals surface area contributed by atoms with Gasteiger partial charge in [-0.25, -0.2) is 17.7 Å². The smallest absolute Gasteiger partial charge is 0.266 e. The molecule has 0 atom stereocenters. The first-order chi connectivity index (χ1) is 11.5. The molecule has 0 spiro atoms. The molecular formula is C18H18N2O3S. The molecule has 124 valence electrons. The number of pyridine rings is 1. The maximum absolute atomic E-state index is 13.3. The van der Waals surface area contributed by atoms with Crippen LogP contribution in [0.1, 0.15) is 16.9 Å². The number of furan rings is 1. The first kappa shape index (κ1) is 16.3. The Morgan fingerprint density at radius 2 is 1.92 bits per heavy atom. The van der Waals surface area contributed by atoms with E-state index in [4.69, 9.17) is 4.42 Å². The van der Waals surface area contributed by atoms with E-state index in [2.05, 4.69) is 4.98 Å². The largest absolute Gasteiger partial charge is 0.467 e. The van der Waals surface area contributed by atoms with E-state index < -0.39 is 10.0 Å². The van der Waals surface area contributed by atoms with Gasteiger partial charge in [-0.05, 0) is 55.3 Å². The third-order valence-electron chi connectivity index (χ3n) is 3.70. The van der Waals surface area contributed by atoms with Crippen molar-refractivity contribution < 1.29 is 12.8 Å². The molecule has 0 unspecified atom stereocenters. The zero-order valence-electron chi connectivity index (χ0n) is 13.5. The summed E-state index contributed by atoms with van der Waals surface area (Å²) >= 11 is 0. The van der Waals surface area contributed by atoms with Crippen molar-refractivity contribution in [3.8, 4) is 0 Å². The minimum absolute atomic E-state index is 0.0831. The highest BCUT2D eigenvalue weighted by molar-refractivity contribution is 7.92. The summed E-state index contributed by atoms with van der Waals surface area (Å²) in [6.45, 7) is 3.74. The number of hydrogen-bond donors (Lipinski definition) is 0. The van der Waals surface area contributed by atoms with Gasteiger partial charge in [0.15, 0.2) is 0 Å². The number of benzene rings is 1. The Balaban J connectivity index is 2.12. The molecule has 5 nitrogen and oxygen atoms in total. The second kappa shape index (κ2) is 6.49. The number of sulfonamides is 1. The normalized spacial score (nSPS) is 11.4. The fourth-order valence-electron chi connectivity index (χ4n) is 2.44. The van der Waals surface area contributed by atoms with Crippen LogP contribution >= 0.6 is 0 Å². The summed E-state index contributed by atoms with van der Waals surface area (Å²) < 4.78 is 33.2. The lowest BCUT2D eigenvalue weighted by atomic mass is 10.2. The molecule has 0 saturated carbocycles. The Bertz CT molecular complexity index is 920. The van der Waals surface area contributed by atoms with Gasteiger partial charge in [-0.15, -0.1) is 0 Å². The van der Waals surface area contributed by atoms with Crippen molar-refractivity contribution in [2.75, 3.05) is 4.31 Å². The molecule has 2 heterocycles. The molecule has 0 aliphatic heterocycles. The molecule has 24 heavy (non-hydrogen) atoms. The van der Waals surface area contributed by atoms with Crippen molar-refractivity contribution in [2.45, 2.75) is 25.3 Å². The van der Waals surface area contributed by atoms with E-state index >= 15 is 0 Å². The quantitative estimate of drug-likeness (QED) is 0.709. The van der Waals surface area contributed by atoms with Crippen molar-refractivity contribution in [1.29, 1.82) is 0 Å². The highest BCUT2D eigenvalue weighted by atomic mass is 32.2. The fraction of sp³-hybridized carbons (Fsp3) is 0.167. The average molecular weight is 342 g/mol. The van der Waals surface area contributed by atoms with Gasteiger partial charge in [0.05, 0.1) is 17.7 Å². The predicted molar refractivity (Wildman–Crippen MR) is 92.2 cm³/mol. The average Bonchev–Trinajstić information content (AvgIpc) is 3.08. The predicted octanol–water partition coefficient (Wildman–Crippen LogP) is 3.69. The van der Waals surface area contributed by atoms with Crippen LogP contribution in [0.5, 0.6) is 0 Å². The van der Waals surface area contributed by atoms with Gasteiger partial charge < -0.3 is 4.42 Å². The SMILES string of the molecule is Cc1ccc(C)c(S(=O)(=O)N(Cc2ccco2)c2ccccn2)c1. The lowest BCUT2D eigenvalue weighted by Gasteiger charge is -2.23. The topological polar surface area (TPSA) is 63.4 Å². The molecule has 0 bridgehead atoms. The van der Waals surface area contributed by atoms with Crippen molar-refractivity contribution in [3.63, 3.8) is 0 Å². The van der Waals surface area contributed by atoms with Crippen LogP contribution in [-0.4, -0.2) is 13.4 Å². The Hall–Kier alpha value is -2.60. The van der Waals surface area contributed by atoms with E-state index in [1.165, 1.54) is 10.6 Å². The third-order valence-corrected chi connectivity index (χ3v) is 5.59. The zero-order valence-corrected chi connectivity index (χ0v) is 14.3. The zero-order chi connectivity index (χ0) is 17.2. The minimum Gasteiger partial charge on any atom is -0.467 e. The molecular weight excluding hydrogens is 324 g/mol. The first-order valence-electron chi connectivity index (χ1n) is 7.52. The van der Waals surface area contributed by atoms with Crippen LogP contribution in [0.25, 0.3) is 0 Å². The molecule has 3 rings (SSSR count). The van der Waals surface area contributed by atoms with Crippen molar-refractivity contribution >= 4 is 15.8 Å². The molecule has 0 N–H and O–H groups in total. The van der Waals surface area contributed by atoms with Gasteiger partial charge in [0.2, 0.25) is 0 Å². The summed E-state index contributed by atoms with van der Waals surface area (Å²) in [5, 5.41) is 0. The Kier molecular flexibility index (Phi) is 4.40. The van der Waals surface area contributed by atoms with Gasteiger partial charge in [-0.1, -0.05) is 18.2 Å². The van der Waals surface area contributed by atoms with Crippen molar-refractivity contribution in [3.05, 3.63) is 77.9 Å². The molecule has 6 heteroatoms. The number of aryl methyl sites for hydroxylation is 2. The molecule has 0 radical (unpaired) electrons. The van der Waals surface area contributed by atoms with E-state index in [1.54, 1.807) is 49.5 Å². The lowest BCUT2D eigenvalue weighted by molar-refractivity contribution is 0.508. The molecule has 0 fully saturated rings. The summed E-state index contributed by atoms with van der Waals surface area (Å²) in [5.74, 6) is 0.907. The Morgan fingerprint density at radius 1 is 1.08 bits per heavy atom. The van der Waals surface area contributed by atoms with Crippen LogP contribution < -0.4 is 4.31 Å². The van der Waals surface area contributed by atoms with Gasteiger partial charge in [0.25, 0.3) is 10.0 Å². The van der Waals surface area contributed by atoms with E-state index in [0.29, 0.717) is 17.1 Å². The lowest BCUT2D eigenvalue weighted by Crippen LogP contribution is -2.31. The second-order valence-electron chi connectivity index (χ2n) is 5.55. The van der Waals surface area contributed by atoms with Crippen molar-refractivity contribution in [1.82, 2.24) is 4.98 Å². The van der Waals surface area contributed by atoms with Crippen LogP contribution in [0.4, 0.5) is 5.82 Å². The fourth-order valence-corrected chi connectivity index (χ4v) is 4.14. The molecule has 0 amide bonds. The summed E-state index contributed by atoms with van der Waals surface area (Å²) in [6.07, 6.45) is 3.10. The number of nitrogens with zero attached hydrogens (tertiary/aromatic N) is 2. The standard InChI is InChI=1S/C18H18N2O3S/c1-14-8-9-15(2)17(12-14)24(21,22)20(13-16-6-5-11-23-16)18-7-3-4-10-19-18/h3-12H,13H2,1-2H3. The van der Waals surface area contributed by atoms with Gasteiger partial charge in [0.1, 0.15) is 11.6 Å². The Morgan fingerprint density at radius 3 is 2.58 bits per heavy atom. The van der Waals surface area contributed by atoms with E-state index in [-0.39, 0.29) is 11.4 Å². The van der Waals surface area contributed by atoms with E-state index in [1.807, 2.05) is 19.1 Å². The van der Waals surface area contributed by atoms with Crippen LogP contribution in [0.2, 0.25) is 0 Å². The monoisotopic (exact) mass is 342 g/mol. The van der Waals surface area contributed by atoms with Gasteiger partial charge >= 0.3 is 0 Å². The number of aromatic nitrogens is 1. The maximum atomic E-state index is 13.3. The Labute approximate surface area is 141 Å². The molecule has 0 aliphatic rings. The van der Waals surface area contributed by atoms with E-state index in [0.717, 1.165) is 5.56 Å². The summed E-state index contributed by atoms with van der Waals surface area (Å²) in [6, 6.07) is 14.0. The van der Waals surface area contributed by atoms with Gasteiger partial charge in [0, 0.05) is 6.20 Å². The van der Waals surface area contributed by atoms with Crippen LogP contribution in [0, 0.1) is 13.8 Å². The minimum atomic E-state index is -3.77. The molecule has 1 aromatic carbocycles. The molecule has 3 aromatic rings. The van der Waals surface area contributed by atoms with Crippen LogP contribution in [0.3, 0.4) is 0 Å². The highest BCUT2D eigenvalue weighted by Gasteiger charge is 2.28. The van der Waals surface area contributed by atoms with Crippen molar-refractivity contribution in [2.24, 2.45) is 0 Å². The van der Waals surface area contributed by atoms with Crippen LogP contribution in [-0.2, 0) is 16.6 Å². The summed E-state index contributed by atoms with van der Waals surface area (Å²) in [4.78, 5) is 4.49. The number of hydrogen-bond acceptors (Lipinski definition) is 4. The molecule has 0 saturated heterocycles. The van der Waals surface area contributed by atoms with Gasteiger partial charge in [-0.3, -0.25) is 0 Å². The molecule has 0 aliphatic carbocycles.